The first-order valence-electron chi connectivity index (χ1n) is 4.90. The molecule has 70 valence electrons. The molecular weight excluding hydrogens is 164 g/mol. The van der Waals surface area contributed by atoms with Crippen LogP contribution >= 0.6 is 0 Å². The lowest BCUT2D eigenvalue weighted by Crippen LogP contribution is -2.46. The Morgan fingerprint density at radius 3 is 2.92 bits per heavy atom. The lowest BCUT2D eigenvalue weighted by molar-refractivity contribution is 0.467. The van der Waals surface area contributed by atoms with Crippen LogP contribution in [0.1, 0.15) is 12.8 Å². The third-order valence-corrected chi connectivity index (χ3v) is 3.24. The summed E-state index contributed by atoms with van der Waals surface area (Å²) in [5.41, 5.74) is 0.542. The van der Waals surface area contributed by atoms with Crippen LogP contribution in [0.3, 0.4) is 0 Å². The highest BCUT2D eigenvalue weighted by Crippen LogP contribution is 2.45. The SMILES string of the molecule is C1=NC=NC2NCC3(CC3)CNC12. The van der Waals surface area contributed by atoms with Crippen molar-refractivity contribution in [2.24, 2.45) is 15.4 Å². The predicted octanol–water partition coefficient (Wildman–Crippen LogP) is -0.233. The third-order valence-electron chi connectivity index (χ3n) is 3.24. The lowest BCUT2D eigenvalue weighted by atomic mass is 10.1. The summed E-state index contributed by atoms with van der Waals surface area (Å²) in [7, 11) is 0. The van der Waals surface area contributed by atoms with Gasteiger partial charge >= 0.3 is 0 Å². The molecule has 0 aromatic carbocycles. The van der Waals surface area contributed by atoms with Crippen LogP contribution in [0.25, 0.3) is 0 Å². The molecule has 0 aromatic rings. The lowest BCUT2D eigenvalue weighted by Gasteiger charge is -2.20. The number of aliphatic imine (C=N–C) groups is 2. The van der Waals surface area contributed by atoms with Crippen LogP contribution < -0.4 is 10.6 Å². The Balaban J connectivity index is 1.77. The minimum atomic E-state index is 0.206. The van der Waals surface area contributed by atoms with Gasteiger partial charge in [0.1, 0.15) is 12.5 Å². The number of nitrogens with zero attached hydrogens (tertiary/aromatic N) is 2. The molecule has 1 spiro atoms. The molecule has 0 bridgehead atoms. The summed E-state index contributed by atoms with van der Waals surface area (Å²) in [5, 5.41) is 7.00. The van der Waals surface area contributed by atoms with Gasteiger partial charge in [0.2, 0.25) is 0 Å². The fraction of sp³-hybridized carbons (Fsp3) is 0.778. The molecule has 1 saturated carbocycles. The van der Waals surface area contributed by atoms with Gasteiger partial charge in [0, 0.05) is 19.3 Å². The van der Waals surface area contributed by atoms with E-state index in [0.717, 1.165) is 13.1 Å². The second-order valence-electron chi connectivity index (χ2n) is 4.30. The van der Waals surface area contributed by atoms with E-state index in [4.69, 9.17) is 0 Å². The maximum Gasteiger partial charge on any atom is 0.122 e. The molecule has 0 amide bonds. The van der Waals surface area contributed by atoms with Crippen molar-refractivity contribution in [3.05, 3.63) is 0 Å². The van der Waals surface area contributed by atoms with E-state index in [1.54, 1.807) is 6.34 Å². The van der Waals surface area contributed by atoms with Crippen LogP contribution in [-0.4, -0.2) is 37.9 Å². The van der Waals surface area contributed by atoms with Crippen LogP contribution in [0.5, 0.6) is 0 Å². The van der Waals surface area contributed by atoms with E-state index >= 15 is 0 Å². The Hall–Kier alpha value is -0.740. The van der Waals surface area contributed by atoms with Gasteiger partial charge < -0.3 is 5.32 Å². The van der Waals surface area contributed by atoms with E-state index in [9.17, 15) is 0 Å². The van der Waals surface area contributed by atoms with Gasteiger partial charge in [0.05, 0.1) is 6.04 Å². The number of hydrogen-bond acceptors (Lipinski definition) is 4. The van der Waals surface area contributed by atoms with Gasteiger partial charge in [-0.3, -0.25) is 10.3 Å². The second-order valence-corrected chi connectivity index (χ2v) is 4.30. The second kappa shape index (κ2) is 2.62. The predicted molar refractivity (Wildman–Crippen MR) is 52.2 cm³/mol. The average Bonchev–Trinajstić information content (AvgIpc) is 2.96. The Kier molecular flexibility index (Phi) is 1.54. The molecule has 13 heavy (non-hydrogen) atoms. The molecule has 2 heterocycles. The number of hydrogen-bond donors (Lipinski definition) is 2. The highest BCUT2D eigenvalue weighted by atomic mass is 15.2. The molecule has 1 aliphatic carbocycles. The van der Waals surface area contributed by atoms with E-state index in [-0.39, 0.29) is 6.17 Å². The topological polar surface area (TPSA) is 48.8 Å². The quantitative estimate of drug-likeness (QED) is 0.538. The molecular formula is C9H14N4. The molecule has 4 heteroatoms. The minimum absolute atomic E-state index is 0.206. The standard InChI is InChI=1S/C9H14N4/c1-2-9(1)4-11-7-3-10-6-13-8(7)12-5-9/h3,6-8,11-12H,1-2,4-5H2. The van der Waals surface area contributed by atoms with Gasteiger partial charge in [0.15, 0.2) is 0 Å². The molecule has 0 aromatic heterocycles. The number of fused-ring (bicyclic) bond motifs is 1. The highest BCUT2D eigenvalue weighted by Gasteiger charge is 2.45. The molecule has 2 atom stereocenters. The van der Waals surface area contributed by atoms with Crippen LogP contribution in [0.15, 0.2) is 9.98 Å². The van der Waals surface area contributed by atoms with Crippen molar-refractivity contribution in [3.8, 4) is 0 Å². The molecule has 2 aliphatic heterocycles. The van der Waals surface area contributed by atoms with Crippen LogP contribution in [0, 0.1) is 5.41 Å². The zero-order valence-electron chi connectivity index (χ0n) is 7.53. The normalized spacial score (nSPS) is 40.0. The van der Waals surface area contributed by atoms with Crippen molar-refractivity contribution in [2.45, 2.75) is 25.0 Å². The maximum absolute atomic E-state index is 4.31. The Morgan fingerprint density at radius 2 is 2.08 bits per heavy atom. The monoisotopic (exact) mass is 178 g/mol. The first-order chi connectivity index (χ1) is 6.38. The Labute approximate surface area is 77.5 Å². The van der Waals surface area contributed by atoms with Crippen molar-refractivity contribution in [2.75, 3.05) is 13.1 Å². The van der Waals surface area contributed by atoms with Crippen molar-refractivity contribution in [3.63, 3.8) is 0 Å². The molecule has 2 unspecified atom stereocenters. The van der Waals surface area contributed by atoms with Gasteiger partial charge in [-0.25, -0.2) is 4.99 Å². The summed E-state index contributed by atoms with van der Waals surface area (Å²) < 4.78 is 0. The number of nitrogens with one attached hydrogen (secondary N) is 2. The first-order valence-corrected chi connectivity index (χ1v) is 4.90. The first kappa shape index (κ1) is 7.64. The molecule has 2 fully saturated rings. The Morgan fingerprint density at radius 1 is 1.23 bits per heavy atom. The fourth-order valence-electron chi connectivity index (χ4n) is 2.01. The van der Waals surface area contributed by atoms with Crippen LogP contribution in [-0.2, 0) is 0 Å². The summed E-state index contributed by atoms with van der Waals surface area (Å²) >= 11 is 0. The zero-order chi connectivity index (χ0) is 8.73. The van der Waals surface area contributed by atoms with Crippen molar-refractivity contribution < 1.29 is 0 Å². The van der Waals surface area contributed by atoms with E-state index in [0.29, 0.717) is 11.5 Å². The van der Waals surface area contributed by atoms with Crippen LogP contribution in [0.2, 0.25) is 0 Å². The van der Waals surface area contributed by atoms with Gasteiger partial charge in [-0.1, -0.05) is 0 Å². The summed E-state index contributed by atoms with van der Waals surface area (Å²) in [6.07, 6.45) is 6.51. The molecule has 1 saturated heterocycles. The minimum Gasteiger partial charge on any atom is -0.306 e. The van der Waals surface area contributed by atoms with Gasteiger partial charge in [0.25, 0.3) is 0 Å². The van der Waals surface area contributed by atoms with Crippen LogP contribution in [0.4, 0.5) is 0 Å². The molecule has 3 aliphatic rings. The summed E-state index contributed by atoms with van der Waals surface area (Å²) in [6, 6.07) is 0.296. The maximum atomic E-state index is 4.31. The summed E-state index contributed by atoms with van der Waals surface area (Å²) in [4.78, 5) is 8.36. The van der Waals surface area contributed by atoms with Gasteiger partial charge in [-0.15, -0.1) is 0 Å². The van der Waals surface area contributed by atoms with Gasteiger partial charge in [-0.2, -0.15) is 0 Å². The Bertz CT molecular complexity index is 243. The highest BCUT2D eigenvalue weighted by molar-refractivity contribution is 5.79. The largest absolute Gasteiger partial charge is 0.306 e. The summed E-state index contributed by atoms with van der Waals surface area (Å²) in [6.45, 7) is 2.22. The molecule has 4 nitrogen and oxygen atoms in total. The third kappa shape index (κ3) is 1.30. The zero-order valence-corrected chi connectivity index (χ0v) is 7.53. The average molecular weight is 178 g/mol. The fourth-order valence-corrected chi connectivity index (χ4v) is 2.01. The van der Waals surface area contributed by atoms with Gasteiger partial charge in [-0.05, 0) is 18.3 Å². The molecule has 2 N–H and O–H groups in total. The number of rotatable bonds is 0. The van der Waals surface area contributed by atoms with E-state index in [2.05, 4.69) is 20.6 Å². The van der Waals surface area contributed by atoms with E-state index < -0.39 is 0 Å². The van der Waals surface area contributed by atoms with Crippen molar-refractivity contribution in [1.82, 2.24) is 10.6 Å². The summed E-state index contributed by atoms with van der Waals surface area (Å²) in [5.74, 6) is 0. The van der Waals surface area contributed by atoms with Crippen molar-refractivity contribution in [1.29, 1.82) is 0 Å². The molecule has 0 radical (unpaired) electrons. The van der Waals surface area contributed by atoms with E-state index in [1.165, 1.54) is 12.8 Å². The smallest absolute Gasteiger partial charge is 0.122 e. The van der Waals surface area contributed by atoms with Crippen molar-refractivity contribution >= 4 is 12.6 Å². The molecule has 3 rings (SSSR count). The van der Waals surface area contributed by atoms with E-state index in [1.807, 2.05) is 6.21 Å².